The van der Waals surface area contributed by atoms with E-state index < -0.39 is 4.92 Å². The largest absolute Gasteiger partial charge is 0.304 e. The van der Waals surface area contributed by atoms with Crippen LogP contribution in [0.3, 0.4) is 0 Å². The van der Waals surface area contributed by atoms with Crippen LogP contribution in [0, 0.1) is 22.9 Å². The normalized spacial score (nSPS) is 10.4. The molecule has 0 aliphatic heterocycles. The van der Waals surface area contributed by atoms with Crippen molar-refractivity contribution in [2.75, 3.05) is 4.90 Å². The number of hydrogen-bond donors (Lipinski definition) is 0. The number of amides is 1. The number of aryl methyl sites for hydroxylation is 1. The van der Waals surface area contributed by atoms with Crippen molar-refractivity contribution in [2.24, 2.45) is 0 Å². The highest BCUT2D eigenvalue weighted by molar-refractivity contribution is 6.06. The Hall–Kier alpha value is -3.54. The van der Waals surface area contributed by atoms with E-state index >= 15 is 0 Å². The lowest BCUT2D eigenvalue weighted by Gasteiger charge is -2.23. The number of nitro benzene ring substituents is 1. The molecule has 0 aliphatic carbocycles. The van der Waals surface area contributed by atoms with Crippen LogP contribution in [0.4, 0.5) is 15.8 Å². The Morgan fingerprint density at radius 1 is 0.963 bits per heavy atom. The van der Waals surface area contributed by atoms with Gasteiger partial charge in [-0.15, -0.1) is 0 Å². The van der Waals surface area contributed by atoms with Gasteiger partial charge < -0.3 is 4.90 Å². The smallest absolute Gasteiger partial charge is 0.269 e. The first kappa shape index (κ1) is 18.3. The van der Waals surface area contributed by atoms with E-state index in [1.807, 2.05) is 31.2 Å². The van der Waals surface area contributed by atoms with Crippen molar-refractivity contribution >= 4 is 17.3 Å². The Balaban J connectivity index is 1.94. The van der Waals surface area contributed by atoms with Crippen LogP contribution >= 0.6 is 0 Å². The van der Waals surface area contributed by atoms with Crippen molar-refractivity contribution in [1.29, 1.82) is 0 Å². The molecular formula is C21H17FN2O3. The lowest BCUT2D eigenvalue weighted by molar-refractivity contribution is -0.384. The van der Waals surface area contributed by atoms with Gasteiger partial charge in [-0.05, 0) is 48.9 Å². The zero-order valence-corrected chi connectivity index (χ0v) is 14.6. The number of carbonyl (C=O) groups is 1. The molecular weight excluding hydrogens is 347 g/mol. The summed E-state index contributed by atoms with van der Waals surface area (Å²) in [6.07, 6.45) is 0. The van der Waals surface area contributed by atoms with Crippen LogP contribution in [0.5, 0.6) is 0 Å². The number of hydrogen-bond acceptors (Lipinski definition) is 3. The summed E-state index contributed by atoms with van der Waals surface area (Å²) in [6.45, 7) is 2.20. The van der Waals surface area contributed by atoms with E-state index in [0.29, 0.717) is 11.3 Å². The van der Waals surface area contributed by atoms with E-state index in [1.54, 1.807) is 17.0 Å². The number of non-ortho nitro benzene ring substituents is 1. The lowest BCUT2D eigenvalue weighted by Crippen LogP contribution is -2.30. The van der Waals surface area contributed by atoms with E-state index in [0.717, 1.165) is 11.1 Å². The molecule has 0 N–H and O–H groups in total. The van der Waals surface area contributed by atoms with Crippen molar-refractivity contribution in [1.82, 2.24) is 0 Å². The van der Waals surface area contributed by atoms with E-state index in [2.05, 4.69) is 0 Å². The maximum atomic E-state index is 13.2. The predicted molar refractivity (Wildman–Crippen MR) is 101 cm³/mol. The molecule has 6 heteroatoms. The minimum absolute atomic E-state index is 0.0769. The minimum atomic E-state index is -0.509. The molecule has 0 aromatic heterocycles. The SMILES string of the molecule is Cc1ccc(N(Cc2ccc(F)cc2)C(=O)c2ccc([N+](=O)[O-])cc2)cc1. The molecule has 0 saturated carbocycles. The topological polar surface area (TPSA) is 63.5 Å². The minimum Gasteiger partial charge on any atom is -0.304 e. The van der Waals surface area contributed by atoms with Gasteiger partial charge in [-0.2, -0.15) is 0 Å². The van der Waals surface area contributed by atoms with Gasteiger partial charge in [-0.3, -0.25) is 14.9 Å². The van der Waals surface area contributed by atoms with Gasteiger partial charge in [0.05, 0.1) is 11.5 Å². The van der Waals surface area contributed by atoms with Crippen LogP contribution in [0.2, 0.25) is 0 Å². The van der Waals surface area contributed by atoms with Crippen molar-refractivity contribution in [3.63, 3.8) is 0 Å². The summed E-state index contributed by atoms with van der Waals surface area (Å²) in [5.74, 6) is -0.639. The Kier molecular flexibility index (Phi) is 5.26. The summed E-state index contributed by atoms with van der Waals surface area (Å²) in [7, 11) is 0. The fourth-order valence-corrected chi connectivity index (χ4v) is 2.66. The van der Waals surface area contributed by atoms with Crippen molar-refractivity contribution in [3.05, 3.63) is 105 Å². The molecule has 1 amide bonds. The van der Waals surface area contributed by atoms with Gasteiger partial charge in [0, 0.05) is 23.4 Å². The summed E-state index contributed by atoms with van der Waals surface area (Å²) in [6, 6.07) is 18.9. The van der Waals surface area contributed by atoms with Crippen LogP contribution in [-0.2, 0) is 6.54 Å². The Bertz CT molecular complexity index is 952. The third kappa shape index (κ3) is 4.36. The van der Waals surface area contributed by atoms with E-state index in [4.69, 9.17) is 0 Å². The summed E-state index contributed by atoms with van der Waals surface area (Å²) in [5.41, 5.74) is 2.78. The molecule has 0 saturated heterocycles. The molecule has 0 fully saturated rings. The first-order valence-corrected chi connectivity index (χ1v) is 8.31. The first-order valence-electron chi connectivity index (χ1n) is 8.31. The third-order valence-corrected chi connectivity index (χ3v) is 4.17. The van der Waals surface area contributed by atoms with Crippen molar-refractivity contribution in [2.45, 2.75) is 13.5 Å². The maximum Gasteiger partial charge on any atom is 0.269 e. The van der Waals surface area contributed by atoms with Gasteiger partial charge in [0.15, 0.2) is 0 Å². The van der Waals surface area contributed by atoms with Crippen LogP contribution in [-0.4, -0.2) is 10.8 Å². The Morgan fingerprint density at radius 3 is 2.11 bits per heavy atom. The van der Waals surface area contributed by atoms with Gasteiger partial charge in [-0.1, -0.05) is 29.8 Å². The molecule has 3 aromatic rings. The molecule has 3 aromatic carbocycles. The average Bonchev–Trinajstić information content (AvgIpc) is 2.68. The Morgan fingerprint density at radius 2 is 1.56 bits per heavy atom. The fourth-order valence-electron chi connectivity index (χ4n) is 2.66. The number of benzene rings is 3. The zero-order valence-electron chi connectivity index (χ0n) is 14.6. The quantitative estimate of drug-likeness (QED) is 0.478. The number of carbonyl (C=O) groups excluding carboxylic acids is 1. The third-order valence-electron chi connectivity index (χ3n) is 4.17. The first-order chi connectivity index (χ1) is 12.9. The molecule has 0 unspecified atom stereocenters. The second-order valence-corrected chi connectivity index (χ2v) is 6.16. The van der Waals surface area contributed by atoms with E-state index in [1.165, 1.54) is 36.4 Å². The second kappa shape index (κ2) is 7.78. The highest BCUT2D eigenvalue weighted by Crippen LogP contribution is 2.22. The monoisotopic (exact) mass is 364 g/mol. The zero-order chi connectivity index (χ0) is 19.4. The van der Waals surface area contributed by atoms with Crippen molar-refractivity contribution in [3.8, 4) is 0 Å². The molecule has 0 aliphatic rings. The number of rotatable bonds is 5. The van der Waals surface area contributed by atoms with Crippen LogP contribution in [0.15, 0.2) is 72.8 Å². The highest BCUT2D eigenvalue weighted by Gasteiger charge is 2.19. The summed E-state index contributed by atoms with van der Waals surface area (Å²) in [4.78, 5) is 24.9. The van der Waals surface area contributed by atoms with Crippen LogP contribution < -0.4 is 4.90 Å². The van der Waals surface area contributed by atoms with E-state index in [9.17, 15) is 19.3 Å². The lowest BCUT2D eigenvalue weighted by atomic mass is 10.1. The summed E-state index contributed by atoms with van der Waals surface area (Å²) >= 11 is 0. The number of nitro groups is 1. The molecule has 0 atom stereocenters. The summed E-state index contributed by atoms with van der Waals surface area (Å²) < 4.78 is 13.2. The van der Waals surface area contributed by atoms with Gasteiger partial charge in [0.2, 0.25) is 0 Å². The summed E-state index contributed by atoms with van der Waals surface area (Å²) in [5, 5.41) is 10.8. The van der Waals surface area contributed by atoms with E-state index in [-0.39, 0.29) is 24.0 Å². The molecule has 27 heavy (non-hydrogen) atoms. The van der Waals surface area contributed by atoms with Crippen LogP contribution in [0.1, 0.15) is 21.5 Å². The number of halogens is 1. The molecule has 0 spiro atoms. The predicted octanol–water partition coefficient (Wildman–Crippen LogP) is 4.89. The van der Waals surface area contributed by atoms with Gasteiger partial charge in [0.1, 0.15) is 5.82 Å². The van der Waals surface area contributed by atoms with Crippen LogP contribution in [0.25, 0.3) is 0 Å². The molecule has 5 nitrogen and oxygen atoms in total. The second-order valence-electron chi connectivity index (χ2n) is 6.16. The van der Waals surface area contributed by atoms with Gasteiger partial charge in [0.25, 0.3) is 11.6 Å². The average molecular weight is 364 g/mol. The molecule has 0 heterocycles. The molecule has 3 rings (SSSR count). The Labute approximate surface area is 155 Å². The number of nitrogens with zero attached hydrogens (tertiary/aromatic N) is 2. The number of anilines is 1. The fraction of sp³-hybridized carbons (Fsp3) is 0.0952. The van der Waals surface area contributed by atoms with Gasteiger partial charge in [-0.25, -0.2) is 4.39 Å². The van der Waals surface area contributed by atoms with Gasteiger partial charge >= 0.3 is 0 Å². The molecule has 136 valence electrons. The standard InChI is InChI=1S/C21H17FN2O3/c1-15-2-10-19(11-3-15)23(14-16-4-8-18(22)9-5-16)21(25)17-6-12-20(13-7-17)24(26)27/h2-13H,14H2,1H3. The molecule has 0 radical (unpaired) electrons. The highest BCUT2D eigenvalue weighted by atomic mass is 19.1. The van der Waals surface area contributed by atoms with Crippen molar-refractivity contribution < 1.29 is 14.1 Å². The maximum absolute atomic E-state index is 13.2. The molecule has 0 bridgehead atoms.